The van der Waals surface area contributed by atoms with Crippen LogP contribution in [-0.4, -0.2) is 26.7 Å². The van der Waals surface area contributed by atoms with E-state index < -0.39 is 15.8 Å². The van der Waals surface area contributed by atoms with Crippen molar-refractivity contribution in [1.82, 2.24) is 0 Å². The standard InChI is InChI=1S/C16H16FNO3S/c17-15-7-4-8-16(13-15)18(10-11-19)22(20,21)12-9-14-5-2-1-3-6-14/h1-9,12-13,19H,10-11H2/b12-9+. The van der Waals surface area contributed by atoms with Crippen molar-refractivity contribution in [3.8, 4) is 0 Å². The number of nitrogens with zero attached hydrogens (tertiary/aromatic N) is 1. The van der Waals surface area contributed by atoms with Crippen LogP contribution in [0.15, 0.2) is 60.0 Å². The van der Waals surface area contributed by atoms with Crippen LogP contribution in [0.2, 0.25) is 0 Å². The molecule has 0 radical (unpaired) electrons. The van der Waals surface area contributed by atoms with Crippen LogP contribution in [0.3, 0.4) is 0 Å². The van der Waals surface area contributed by atoms with Gasteiger partial charge in [-0.1, -0.05) is 36.4 Å². The summed E-state index contributed by atoms with van der Waals surface area (Å²) in [7, 11) is -3.83. The molecule has 2 rings (SSSR count). The summed E-state index contributed by atoms with van der Waals surface area (Å²) in [5.41, 5.74) is 0.904. The number of hydrogen-bond donors (Lipinski definition) is 1. The third-order valence-electron chi connectivity index (χ3n) is 2.94. The van der Waals surface area contributed by atoms with Gasteiger partial charge in [-0.25, -0.2) is 12.8 Å². The van der Waals surface area contributed by atoms with Crippen molar-refractivity contribution in [2.75, 3.05) is 17.5 Å². The normalized spacial score (nSPS) is 11.7. The van der Waals surface area contributed by atoms with Gasteiger partial charge >= 0.3 is 0 Å². The zero-order valence-electron chi connectivity index (χ0n) is 11.8. The van der Waals surface area contributed by atoms with Crippen molar-refractivity contribution in [3.05, 3.63) is 71.4 Å². The molecule has 0 aliphatic heterocycles. The van der Waals surface area contributed by atoms with Gasteiger partial charge in [0.05, 0.1) is 24.2 Å². The second kappa shape index (κ2) is 7.20. The summed E-state index contributed by atoms with van der Waals surface area (Å²) < 4.78 is 39.1. The van der Waals surface area contributed by atoms with Crippen molar-refractivity contribution in [1.29, 1.82) is 0 Å². The lowest BCUT2D eigenvalue weighted by molar-refractivity contribution is 0.307. The lowest BCUT2D eigenvalue weighted by Crippen LogP contribution is -2.32. The van der Waals surface area contributed by atoms with E-state index >= 15 is 0 Å². The van der Waals surface area contributed by atoms with Gasteiger partial charge in [-0.3, -0.25) is 4.31 Å². The van der Waals surface area contributed by atoms with Crippen molar-refractivity contribution in [2.45, 2.75) is 0 Å². The topological polar surface area (TPSA) is 57.6 Å². The molecule has 0 aliphatic rings. The Hall–Kier alpha value is -2.18. The first kappa shape index (κ1) is 16.2. The molecule has 6 heteroatoms. The number of hydrogen-bond acceptors (Lipinski definition) is 3. The summed E-state index contributed by atoms with van der Waals surface area (Å²) in [5, 5.41) is 10.1. The largest absolute Gasteiger partial charge is 0.394 e. The fraction of sp³-hybridized carbons (Fsp3) is 0.125. The zero-order chi connectivity index (χ0) is 16.0. The summed E-state index contributed by atoms with van der Waals surface area (Å²) in [6.07, 6.45) is 1.46. The molecule has 0 spiro atoms. The fourth-order valence-corrected chi connectivity index (χ4v) is 3.15. The Morgan fingerprint density at radius 1 is 1.09 bits per heavy atom. The van der Waals surface area contributed by atoms with Gasteiger partial charge in [0.1, 0.15) is 5.82 Å². The van der Waals surface area contributed by atoms with E-state index in [-0.39, 0.29) is 18.8 Å². The van der Waals surface area contributed by atoms with E-state index in [9.17, 15) is 12.8 Å². The molecule has 22 heavy (non-hydrogen) atoms. The summed E-state index contributed by atoms with van der Waals surface area (Å²) >= 11 is 0. The predicted octanol–water partition coefficient (Wildman–Crippen LogP) is 2.63. The Bertz CT molecular complexity index is 745. The highest BCUT2D eigenvalue weighted by molar-refractivity contribution is 7.95. The molecule has 0 saturated heterocycles. The minimum absolute atomic E-state index is 0.148. The summed E-state index contributed by atoms with van der Waals surface area (Å²) in [4.78, 5) is 0. The van der Waals surface area contributed by atoms with Gasteiger partial charge in [0.25, 0.3) is 10.0 Å². The van der Waals surface area contributed by atoms with Crippen molar-refractivity contribution >= 4 is 21.8 Å². The lowest BCUT2D eigenvalue weighted by atomic mass is 10.2. The average molecular weight is 321 g/mol. The number of aliphatic hydroxyl groups is 1. The molecule has 0 amide bonds. The van der Waals surface area contributed by atoms with E-state index in [1.807, 2.05) is 6.07 Å². The first-order chi connectivity index (χ1) is 10.5. The number of halogens is 1. The van der Waals surface area contributed by atoms with E-state index in [4.69, 9.17) is 5.11 Å². The van der Waals surface area contributed by atoms with Crippen LogP contribution in [0.25, 0.3) is 6.08 Å². The Labute approximate surface area is 129 Å². The maximum Gasteiger partial charge on any atom is 0.257 e. The maximum absolute atomic E-state index is 13.3. The average Bonchev–Trinajstić information content (AvgIpc) is 2.51. The molecule has 0 aliphatic carbocycles. The van der Waals surface area contributed by atoms with Gasteiger partial charge in [-0.2, -0.15) is 0 Å². The first-order valence-electron chi connectivity index (χ1n) is 6.65. The van der Waals surface area contributed by atoms with Crippen LogP contribution in [0.5, 0.6) is 0 Å². The third-order valence-corrected chi connectivity index (χ3v) is 4.43. The second-order valence-electron chi connectivity index (χ2n) is 4.53. The van der Waals surface area contributed by atoms with Crippen LogP contribution in [-0.2, 0) is 10.0 Å². The third kappa shape index (κ3) is 4.16. The summed E-state index contributed by atoms with van der Waals surface area (Å²) in [5.74, 6) is -0.539. The van der Waals surface area contributed by atoms with Crippen LogP contribution in [0.1, 0.15) is 5.56 Å². The van der Waals surface area contributed by atoms with Gasteiger partial charge in [0, 0.05) is 0 Å². The number of rotatable bonds is 6. The Balaban J connectivity index is 2.32. The number of sulfonamides is 1. The molecule has 2 aromatic carbocycles. The Kier molecular flexibility index (Phi) is 5.30. The van der Waals surface area contributed by atoms with Gasteiger partial charge in [0.2, 0.25) is 0 Å². The summed E-state index contributed by atoms with van der Waals surface area (Å²) in [6, 6.07) is 14.2. The molecular weight excluding hydrogens is 305 g/mol. The van der Waals surface area contributed by atoms with E-state index in [0.717, 1.165) is 21.3 Å². The lowest BCUT2D eigenvalue weighted by Gasteiger charge is -2.21. The first-order valence-corrected chi connectivity index (χ1v) is 8.15. The SMILES string of the molecule is O=S(=O)(/C=C/c1ccccc1)N(CCO)c1cccc(F)c1. The number of anilines is 1. The van der Waals surface area contributed by atoms with Gasteiger partial charge < -0.3 is 5.11 Å². The monoisotopic (exact) mass is 321 g/mol. The second-order valence-corrected chi connectivity index (χ2v) is 6.28. The highest BCUT2D eigenvalue weighted by atomic mass is 32.2. The highest BCUT2D eigenvalue weighted by Gasteiger charge is 2.19. The zero-order valence-corrected chi connectivity index (χ0v) is 12.6. The number of aliphatic hydroxyl groups excluding tert-OH is 1. The minimum atomic E-state index is -3.83. The molecule has 0 bridgehead atoms. The molecule has 0 unspecified atom stereocenters. The van der Waals surface area contributed by atoms with E-state index in [1.165, 1.54) is 24.3 Å². The molecule has 0 aromatic heterocycles. The molecule has 1 N–H and O–H groups in total. The smallest absolute Gasteiger partial charge is 0.257 e. The van der Waals surface area contributed by atoms with Crippen LogP contribution >= 0.6 is 0 Å². The molecular formula is C16H16FNO3S. The molecule has 0 saturated carbocycles. The van der Waals surface area contributed by atoms with Crippen LogP contribution in [0.4, 0.5) is 10.1 Å². The molecule has 2 aromatic rings. The highest BCUT2D eigenvalue weighted by Crippen LogP contribution is 2.20. The van der Waals surface area contributed by atoms with Gasteiger partial charge in [-0.15, -0.1) is 0 Å². The summed E-state index contributed by atoms with van der Waals surface area (Å²) in [6.45, 7) is -0.514. The Morgan fingerprint density at radius 3 is 2.45 bits per heavy atom. The van der Waals surface area contributed by atoms with Crippen LogP contribution in [0, 0.1) is 5.82 Å². The molecule has 4 nitrogen and oxygen atoms in total. The number of benzene rings is 2. The maximum atomic E-state index is 13.3. The van der Waals surface area contributed by atoms with Gasteiger partial charge in [-0.05, 0) is 29.8 Å². The van der Waals surface area contributed by atoms with Gasteiger partial charge in [0.15, 0.2) is 0 Å². The quantitative estimate of drug-likeness (QED) is 0.890. The fourth-order valence-electron chi connectivity index (χ4n) is 1.93. The van der Waals surface area contributed by atoms with Crippen molar-refractivity contribution in [3.63, 3.8) is 0 Å². The molecule has 0 atom stereocenters. The van der Waals surface area contributed by atoms with Crippen molar-refractivity contribution in [2.24, 2.45) is 0 Å². The molecule has 116 valence electrons. The van der Waals surface area contributed by atoms with E-state index in [1.54, 1.807) is 24.3 Å². The van der Waals surface area contributed by atoms with Crippen LogP contribution < -0.4 is 4.31 Å². The van der Waals surface area contributed by atoms with Crippen molar-refractivity contribution < 1.29 is 17.9 Å². The van der Waals surface area contributed by atoms with E-state index in [0.29, 0.717) is 0 Å². The molecule has 0 fully saturated rings. The Morgan fingerprint density at radius 2 is 1.82 bits per heavy atom. The predicted molar refractivity (Wildman–Crippen MR) is 85.2 cm³/mol. The molecule has 0 heterocycles. The van der Waals surface area contributed by atoms with E-state index in [2.05, 4.69) is 0 Å². The minimum Gasteiger partial charge on any atom is -0.394 e.